The molecule has 2 aromatic rings. The van der Waals surface area contributed by atoms with Gasteiger partial charge in [-0.2, -0.15) is 0 Å². The third-order valence-electron chi connectivity index (χ3n) is 3.10. The van der Waals surface area contributed by atoms with Crippen molar-refractivity contribution in [3.63, 3.8) is 0 Å². The predicted molar refractivity (Wildman–Crippen MR) is 94.8 cm³/mol. The predicted octanol–water partition coefficient (Wildman–Crippen LogP) is 2.77. The second kappa shape index (κ2) is 7.60. The monoisotopic (exact) mass is 428 g/mol. The number of carbonyl (C=O) groups excluding carboxylic acids is 2. The zero-order chi connectivity index (χ0) is 16.1. The average Bonchev–Trinajstić information content (AvgIpc) is 2.46. The van der Waals surface area contributed by atoms with E-state index >= 15 is 0 Å². The molecule has 6 heteroatoms. The van der Waals surface area contributed by atoms with Crippen LogP contribution < -0.4 is 11.1 Å². The highest BCUT2D eigenvalue weighted by atomic mass is 127. The molecule has 114 valence electrons. The number of halogens is 2. The van der Waals surface area contributed by atoms with E-state index in [0.717, 1.165) is 9.13 Å². The van der Waals surface area contributed by atoms with Crippen molar-refractivity contribution < 1.29 is 9.59 Å². The van der Waals surface area contributed by atoms with Crippen LogP contribution in [0.5, 0.6) is 0 Å². The summed E-state index contributed by atoms with van der Waals surface area (Å²) in [6.45, 7) is 0. The van der Waals surface area contributed by atoms with Gasteiger partial charge in [-0.3, -0.25) is 9.59 Å². The molecule has 0 saturated carbocycles. The standard InChI is InChI=1S/C16H14ClIN2O2/c17-13-7-2-1-6-12(13)16(22)20-14(15(19)21)9-10-4-3-5-11(18)8-10/h1-8,14H,9H2,(H2,19,21)(H,20,22)/t14-/m1/s1. The summed E-state index contributed by atoms with van der Waals surface area (Å²) in [5.41, 5.74) is 6.64. The lowest BCUT2D eigenvalue weighted by Crippen LogP contribution is -2.45. The van der Waals surface area contributed by atoms with Gasteiger partial charge in [0.2, 0.25) is 5.91 Å². The number of hydrogen-bond donors (Lipinski definition) is 2. The van der Waals surface area contributed by atoms with Crippen molar-refractivity contribution in [2.24, 2.45) is 5.73 Å². The van der Waals surface area contributed by atoms with Crippen LogP contribution >= 0.6 is 34.2 Å². The van der Waals surface area contributed by atoms with Crippen LogP contribution in [0.25, 0.3) is 0 Å². The van der Waals surface area contributed by atoms with Crippen LogP contribution in [0.1, 0.15) is 15.9 Å². The van der Waals surface area contributed by atoms with Crippen LogP contribution in [-0.2, 0) is 11.2 Å². The lowest BCUT2D eigenvalue weighted by molar-refractivity contribution is -0.119. The van der Waals surface area contributed by atoms with Gasteiger partial charge in [0.05, 0.1) is 10.6 Å². The Bertz CT molecular complexity index is 706. The maximum Gasteiger partial charge on any atom is 0.253 e. The number of nitrogens with two attached hydrogens (primary N) is 1. The molecule has 0 spiro atoms. The highest BCUT2D eigenvalue weighted by molar-refractivity contribution is 14.1. The lowest BCUT2D eigenvalue weighted by Gasteiger charge is -2.16. The van der Waals surface area contributed by atoms with Gasteiger partial charge in [0.25, 0.3) is 5.91 Å². The molecule has 0 aliphatic rings. The fourth-order valence-corrected chi connectivity index (χ4v) is 2.83. The van der Waals surface area contributed by atoms with E-state index in [1.54, 1.807) is 24.3 Å². The molecule has 0 aliphatic heterocycles. The minimum absolute atomic E-state index is 0.318. The molecule has 2 aromatic carbocycles. The molecule has 0 saturated heterocycles. The fourth-order valence-electron chi connectivity index (χ4n) is 2.00. The number of rotatable bonds is 5. The number of hydrogen-bond acceptors (Lipinski definition) is 2. The third-order valence-corrected chi connectivity index (χ3v) is 4.10. The summed E-state index contributed by atoms with van der Waals surface area (Å²) in [4.78, 5) is 23.8. The molecule has 22 heavy (non-hydrogen) atoms. The Morgan fingerprint density at radius 2 is 1.91 bits per heavy atom. The second-order valence-corrected chi connectivity index (χ2v) is 6.40. The van der Waals surface area contributed by atoms with E-state index < -0.39 is 17.9 Å². The zero-order valence-corrected chi connectivity index (χ0v) is 14.5. The second-order valence-electron chi connectivity index (χ2n) is 4.74. The summed E-state index contributed by atoms with van der Waals surface area (Å²) in [6, 6.07) is 13.5. The van der Waals surface area contributed by atoms with Crippen molar-refractivity contribution in [1.29, 1.82) is 0 Å². The minimum atomic E-state index is -0.790. The van der Waals surface area contributed by atoms with E-state index in [4.69, 9.17) is 17.3 Å². The van der Waals surface area contributed by atoms with E-state index in [9.17, 15) is 9.59 Å². The zero-order valence-electron chi connectivity index (χ0n) is 11.6. The summed E-state index contributed by atoms with van der Waals surface area (Å²) in [6.07, 6.45) is 0.336. The van der Waals surface area contributed by atoms with Gasteiger partial charge in [-0.1, -0.05) is 35.9 Å². The first-order valence-corrected chi connectivity index (χ1v) is 8.02. The van der Waals surface area contributed by atoms with E-state index in [2.05, 4.69) is 27.9 Å². The molecule has 4 nitrogen and oxygen atoms in total. The third kappa shape index (κ3) is 4.45. The van der Waals surface area contributed by atoms with Crippen molar-refractivity contribution >= 4 is 46.0 Å². The van der Waals surface area contributed by atoms with Gasteiger partial charge >= 0.3 is 0 Å². The van der Waals surface area contributed by atoms with Gasteiger partial charge in [0.15, 0.2) is 0 Å². The minimum Gasteiger partial charge on any atom is -0.368 e. The highest BCUT2D eigenvalue weighted by Gasteiger charge is 2.20. The van der Waals surface area contributed by atoms with Crippen LogP contribution in [0.3, 0.4) is 0 Å². The molecule has 2 amide bonds. The quantitative estimate of drug-likeness (QED) is 0.719. The Hall–Kier alpha value is -1.60. The number of amides is 2. The van der Waals surface area contributed by atoms with E-state index in [0.29, 0.717) is 17.0 Å². The highest BCUT2D eigenvalue weighted by Crippen LogP contribution is 2.15. The first-order chi connectivity index (χ1) is 10.5. The van der Waals surface area contributed by atoms with Crippen LogP contribution in [0.2, 0.25) is 5.02 Å². The summed E-state index contributed by atoms with van der Waals surface area (Å²) >= 11 is 8.17. The fraction of sp³-hybridized carbons (Fsp3) is 0.125. The van der Waals surface area contributed by atoms with Crippen molar-refractivity contribution in [1.82, 2.24) is 5.32 Å². The van der Waals surface area contributed by atoms with Crippen LogP contribution in [0.15, 0.2) is 48.5 Å². The van der Waals surface area contributed by atoms with E-state index in [1.165, 1.54) is 0 Å². The largest absolute Gasteiger partial charge is 0.368 e. The molecule has 3 N–H and O–H groups in total. The maximum absolute atomic E-state index is 12.2. The molecule has 2 rings (SSSR count). The molecule has 0 bridgehead atoms. The SMILES string of the molecule is NC(=O)[C@@H](Cc1cccc(I)c1)NC(=O)c1ccccc1Cl. The Kier molecular flexibility index (Phi) is 5.79. The number of nitrogens with one attached hydrogen (secondary N) is 1. The van der Waals surface area contributed by atoms with Crippen molar-refractivity contribution in [2.45, 2.75) is 12.5 Å². The molecular weight excluding hydrogens is 415 g/mol. The van der Waals surface area contributed by atoms with Gasteiger partial charge in [0, 0.05) is 9.99 Å². The van der Waals surface area contributed by atoms with Crippen LogP contribution in [0.4, 0.5) is 0 Å². The van der Waals surface area contributed by atoms with E-state index in [1.807, 2.05) is 24.3 Å². The smallest absolute Gasteiger partial charge is 0.253 e. The van der Waals surface area contributed by atoms with E-state index in [-0.39, 0.29) is 0 Å². The van der Waals surface area contributed by atoms with Crippen LogP contribution in [-0.4, -0.2) is 17.9 Å². The Labute approximate surface area is 147 Å². The van der Waals surface area contributed by atoms with Gasteiger partial charge < -0.3 is 11.1 Å². The van der Waals surface area contributed by atoms with Crippen molar-refractivity contribution in [2.75, 3.05) is 0 Å². The molecule has 0 aromatic heterocycles. The molecule has 0 unspecified atom stereocenters. The van der Waals surface area contributed by atoms with Gasteiger partial charge in [-0.05, 0) is 52.4 Å². The molecule has 0 radical (unpaired) electrons. The van der Waals surface area contributed by atoms with Gasteiger partial charge in [-0.25, -0.2) is 0 Å². The Morgan fingerprint density at radius 3 is 2.55 bits per heavy atom. The molecule has 0 fully saturated rings. The summed E-state index contributed by atoms with van der Waals surface area (Å²) < 4.78 is 1.05. The summed E-state index contributed by atoms with van der Waals surface area (Å²) in [5, 5.41) is 2.97. The topological polar surface area (TPSA) is 72.2 Å². The molecule has 1 atom stereocenters. The first-order valence-electron chi connectivity index (χ1n) is 6.56. The lowest BCUT2D eigenvalue weighted by atomic mass is 10.0. The van der Waals surface area contributed by atoms with Gasteiger partial charge in [-0.15, -0.1) is 0 Å². The normalized spacial score (nSPS) is 11.7. The molecule has 0 heterocycles. The number of benzene rings is 2. The Morgan fingerprint density at radius 1 is 1.18 bits per heavy atom. The molecule has 0 aliphatic carbocycles. The maximum atomic E-state index is 12.2. The Balaban J connectivity index is 2.14. The average molecular weight is 429 g/mol. The van der Waals surface area contributed by atoms with Crippen molar-refractivity contribution in [3.8, 4) is 0 Å². The number of primary amides is 1. The molecular formula is C16H14ClIN2O2. The number of carbonyl (C=O) groups is 2. The first kappa shape index (κ1) is 16.8. The van der Waals surface area contributed by atoms with Crippen LogP contribution in [0, 0.1) is 3.57 Å². The van der Waals surface area contributed by atoms with Crippen molar-refractivity contribution in [3.05, 3.63) is 68.3 Å². The summed E-state index contributed by atoms with van der Waals surface area (Å²) in [7, 11) is 0. The van der Waals surface area contributed by atoms with Gasteiger partial charge in [0.1, 0.15) is 6.04 Å². The summed E-state index contributed by atoms with van der Waals surface area (Å²) in [5.74, 6) is -1.00.